The lowest BCUT2D eigenvalue weighted by molar-refractivity contribution is -0.121. The van der Waals surface area contributed by atoms with Gasteiger partial charge in [-0.3, -0.25) is 14.8 Å². The Morgan fingerprint density at radius 2 is 2.00 bits per heavy atom. The van der Waals surface area contributed by atoms with Gasteiger partial charge in [0.05, 0.1) is 24.4 Å². The first-order valence-electron chi connectivity index (χ1n) is 3.42. The van der Waals surface area contributed by atoms with E-state index >= 15 is 0 Å². The van der Waals surface area contributed by atoms with E-state index in [1.807, 2.05) is 0 Å². The molecule has 1 aromatic rings. The zero-order valence-corrected chi connectivity index (χ0v) is 5.87. The molecule has 0 fully saturated rings. The summed E-state index contributed by atoms with van der Waals surface area (Å²) in [5, 5.41) is 2.70. The maximum absolute atomic E-state index is 10.8. The maximum Gasteiger partial charge on any atom is 0.226 e. The van der Waals surface area contributed by atoms with Crippen LogP contribution in [0.2, 0.25) is 0 Å². The predicted octanol–water partition coefficient (Wildman–Crippen LogP) is -0.351. The second-order valence-electron chi connectivity index (χ2n) is 2.40. The van der Waals surface area contributed by atoms with Crippen LogP contribution in [0.25, 0.3) is 0 Å². The Balaban J connectivity index is 2.41. The molecule has 0 radical (unpaired) electrons. The van der Waals surface area contributed by atoms with Crippen LogP contribution in [-0.4, -0.2) is 15.9 Å². The summed E-state index contributed by atoms with van der Waals surface area (Å²) >= 11 is 0. The Kier molecular flexibility index (Phi) is 1.31. The number of carbonyl (C=O) groups is 1. The van der Waals surface area contributed by atoms with Crippen molar-refractivity contribution in [2.45, 2.75) is 13.0 Å². The Morgan fingerprint density at radius 1 is 1.27 bits per heavy atom. The third-order valence-electron chi connectivity index (χ3n) is 1.64. The van der Waals surface area contributed by atoms with E-state index in [-0.39, 0.29) is 5.91 Å². The summed E-state index contributed by atoms with van der Waals surface area (Å²) in [5.74, 6) is 0.0259. The fourth-order valence-electron chi connectivity index (χ4n) is 1.09. The second-order valence-corrected chi connectivity index (χ2v) is 2.40. The van der Waals surface area contributed by atoms with Gasteiger partial charge in [-0.2, -0.15) is 0 Å². The molecule has 0 atom stereocenters. The Labute approximate surface area is 63.7 Å². The SMILES string of the molecule is O=C1Cc2nccnc2CN1. The molecule has 0 aromatic carbocycles. The summed E-state index contributed by atoms with van der Waals surface area (Å²) in [4.78, 5) is 19.0. The van der Waals surface area contributed by atoms with Gasteiger partial charge in [-0.25, -0.2) is 0 Å². The smallest absolute Gasteiger partial charge is 0.226 e. The third-order valence-corrected chi connectivity index (χ3v) is 1.64. The summed E-state index contributed by atoms with van der Waals surface area (Å²) in [6.45, 7) is 0.516. The van der Waals surface area contributed by atoms with E-state index in [0.717, 1.165) is 11.4 Å². The topological polar surface area (TPSA) is 54.9 Å². The van der Waals surface area contributed by atoms with Crippen LogP contribution in [0, 0.1) is 0 Å². The van der Waals surface area contributed by atoms with Crippen molar-refractivity contribution in [1.82, 2.24) is 15.3 Å². The quantitative estimate of drug-likeness (QED) is 0.548. The van der Waals surface area contributed by atoms with Gasteiger partial charge in [0.2, 0.25) is 5.91 Å². The van der Waals surface area contributed by atoms with Gasteiger partial charge >= 0.3 is 0 Å². The van der Waals surface area contributed by atoms with E-state index in [1.165, 1.54) is 0 Å². The number of hydrogen-bond acceptors (Lipinski definition) is 3. The van der Waals surface area contributed by atoms with Gasteiger partial charge in [-0.15, -0.1) is 0 Å². The Bertz CT molecular complexity index is 297. The molecule has 0 unspecified atom stereocenters. The van der Waals surface area contributed by atoms with Crippen molar-refractivity contribution in [3.8, 4) is 0 Å². The molecule has 4 heteroatoms. The van der Waals surface area contributed by atoms with Crippen LogP contribution in [0.15, 0.2) is 12.4 Å². The summed E-state index contributed by atoms with van der Waals surface area (Å²) < 4.78 is 0. The summed E-state index contributed by atoms with van der Waals surface area (Å²) in [5.41, 5.74) is 1.68. The minimum atomic E-state index is 0.0259. The van der Waals surface area contributed by atoms with Gasteiger partial charge in [0.25, 0.3) is 0 Å². The molecule has 1 amide bonds. The zero-order valence-electron chi connectivity index (χ0n) is 5.87. The van der Waals surface area contributed by atoms with Gasteiger partial charge < -0.3 is 5.32 Å². The molecular weight excluding hydrogens is 142 g/mol. The molecule has 0 aliphatic carbocycles. The maximum atomic E-state index is 10.8. The number of amides is 1. The Hall–Kier alpha value is -1.45. The molecule has 0 saturated carbocycles. The molecule has 2 heterocycles. The first-order chi connectivity index (χ1) is 5.36. The number of nitrogens with zero attached hydrogens (tertiary/aromatic N) is 2. The van der Waals surface area contributed by atoms with Gasteiger partial charge in [0, 0.05) is 12.4 Å². The number of carbonyl (C=O) groups excluding carboxylic acids is 1. The van der Waals surface area contributed by atoms with Crippen molar-refractivity contribution in [2.75, 3.05) is 0 Å². The van der Waals surface area contributed by atoms with E-state index in [9.17, 15) is 4.79 Å². The molecule has 1 aliphatic heterocycles. The predicted molar refractivity (Wildman–Crippen MR) is 37.6 cm³/mol. The van der Waals surface area contributed by atoms with E-state index < -0.39 is 0 Å². The van der Waals surface area contributed by atoms with Gasteiger partial charge in [0.15, 0.2) is 0 Å². The van der Waals surface area contributed by atoms with E-state index in [2.05, 4.69) is 15.3 Å². The first-order valence-corrected chi connectivity index (χ1v) is 3.42. The molecule has 0 bridgehead atoms. The van der Waals surface area contributed by atoms with Crippen molar-refractivity contribution in [1.29, 1.82) is 0 Å². The summed E-state index contributed by atoms with van der Waals surface area (Å²) in [6, 6.07) is 0. The van der Waals surface area contributed by atoms with Crippen LogP contribution in [0.5, 0.6) is 0 Å². The van der Waals surface area contributed by atoms with E-state index in [4.69, 9.17) is 0 Å². The molecule has 4 nitrogen and oxygen atoms in total. The normalized spacial score (nSPS) is 15.5. The Morgan fingerprint density at radius 3 is 2.82 bits per heavy atom. The molecule has 1 N–H and O–H groups in total. The van der Waals surface area contributed by atoms with Crippen LogP contribution >= 0.6 is 0 Å². The van der Waals surface area contributed by atoms with Crippen molar-refractivity contribution >= 4 is 5.91 Å². The molecule has 0 saturated heterocycles. The number of nitrogens with one attached hydrogen (secondary N) is 1. The first kappa shape index (κ1) is 6.27. The highest BCUT2D eigenvalue weighted by atomic mass is 16.1. The van der Waals surface area contributed by atoms with Crippen LogP contribution < -0.4 is 5.32 Å². The lowest BCUT2D eigenvalue weighted by atomic mass is 10.1. The van der Waals surface area contributed by atoms with Crippen LogP contribution in [0.4, 0.5) is 0 Å². The molecule has 56 valence electrons. The zero-order chi connectivity index (χ0) is 7.68. The second kappa shape index (κ2) is 2.30. The fourth-order valence-corrected chi connectivity index (χ4v) is 1.09. The number of hydrogen-bond donors (Lipinski definition) is 1. The lowest BCUT2D eigenvalue weighted by Crippen LogP contribution is -2.31. The van der Waals surface area contributed by atoms with Crippen molar-refractivity contribution < 1.29 is 4.79 Å². The number of aromatic nitrogens is 2. The highest BCUT2D eigenvalue weighted by Crippen LogP contribution is 2.06. The van der Waals surface area contributed by atoms with Crippen LogP contribution in [0.3, 0.4) is 0 Å². The van der Waals surface area contributed by atoms with E-state index in [0.29, 0.717) is 13.0 Å². The number of fused-ring (bicyclic) bond motifs is 1. The highest BCUT2D eigenvalue weighted by molar-refractivity contribution is 5.79. The summed E-state index contributed by atoms with van der Waals surface area (Å²) in [6.07, 6.45) is 3.61. The molecule has 11 heavy (non-hydrogen) atoms. The molecule has 1 aromatic heterocycles. The van der Waals surface area contributed by atoms with Gasteiger partial charge in [-0.1, -0.05) is 0 Å². The average Bonchev–Trinajstić information content (AvgIpc) is 2.04. The van der Waals surface area contributed by atoms with Gasteiger partial charge in [-0.05, 0) is 0 Å². The number of rotatable bonds is 0. The van der Waals surface area contributed by atoms with Gasteiger partial charge in [0.1, 0.15) is 0 Å². The fraction of sp³-hybridized carbons (Fsp3) is 0.286. The van der Waals surface area contributed by atoms with Crippen molar-refractivity contribution in [3.05, 3.63) is 23.8 Å². The minimum Gasteiger partial charge on any atom is -0.350 e. The summed E-state index contributed by atoms with van der Waals surface area (Å²) in [7, 11) is 0. The largest absolute Gasteiger partial charge is 0.350 e. The lowest BCUT2D eigenvalue weighted by Gasteiger charge is -2.13. The monoisotopic (exact) mass is 149 g/mol. The van der Waals surface area contributed by atoms with Crippen LogP contribution in [0.1, 0.15) is 11.4 Å². The third kappa shape index (κ3) is 1.07. The van der Waals surface area contributed by atoms with Crippen molar-refractivity contribution in [2.24, 2.45) is 0 Å². The molecule has 2 rings (SSSR count). The molecule has 1 aliphatic rings. The molecule has 0 spiro atoms. The minimum absolute atomic E-state index is 0.0259. The molecular formula is C7H7N3O. The standard InChI is InChI=1S/C7H7N3O/c11-7-3-5-6(4-10-7)9-2-1-8-5/h1-2H,3-4H2,(H,10,11). The van der Waals surface area contributed by atoms with Crippen molar-refractivity contribution in [3.63, 3.8) is 0 Å². The van der Waals surface area contributed by atoms with E-state index in [1.54, 1.807) is 12.4 Å². The average molecular weight is 149 g/mol. The highest BCUT2D eigenvalue weighted by Gasteiger charge is 2.15. The van der Waals surface area contributed by atoms with Crippen LogP contribution in [-0.2, 0) is 17.8 Å².